The zero-order valence-corrected chi connectivity index (χ0v) is 21.4. The summed E-state index contributed by atoms with van der Waals surface area (Å²) in [6.45, 7) is 0. The molecular formula is C22H28Cl3F9N6O3. The van der Waals surface area contributed by atoms with E-state index in [2.05, 4.69) is 15.3 Å². The number of alkyl halides is 6. The van der Waals surface area contributed by atoms with Gasteiger partial charge in [-0.25, -0.2) is 31.0 Å². The van der Waals surface area contributed by atoms with Crippen LogP contribution in [-0.4, -0.2) is 46.7 Å². The molecule has 0 bridgehead atoms. The minimum atomic E-state index is -3.18. The third-order valence-corrected chi connectivity index (χ3v) is 5.28. The number of nitrogens with zero attached hydrogens (tertiary/aromatic N) is 6. The van der Waals surface area contributed by atoms with Gasteiger partial charge in [-0.15, -0.1) is 0 Å². The summed E-state index contributed by atoms with van der Waals surface area (Å²) in [5.41, 5.74) is -5.38. The Balaban J connectivity index is -0.000000253. The number of hydrogen-bond acceptors (Lipinski definition) is 6. The van der Waals surface area contributed by atoms with Crippen LogP contribution in [0.25, 0.3) is 0 Å². The zero-order chi connectivity index (χ0) is 30.5. The summed E-state index contributed by atoms with van der Waals surface area (Å²) < 4.78 is 112. The van der Waals surface area contributed by atoms with Crippen LogP contribution >= 0.6 is 34.8 Å². The van der Waals surface area contributed by atoms with Crippen LogP contribution in [0.2, 0.25) is 10.3 Å². The first kappa shape index (κ1) is 46.8. The average molecular weight is 702 g/mol. The lowest BCUT2D eigenvalue weighted by Gasteiger charge is -1.94. The van der Waals surface area contributed by atoms with E-state index < -0.39 is 81.5 Å². The summed E-state index contributed by atoms with van der Waals surface area (Å²) in [5.74, 6) is -1.40. The molecule has 0 unspecified atom stereocenters. The van der Waals surface area contributed by atoms with Gasteiger partial charge in [-0.2, -0.15) is 28.5 Å². The van der Waals surface area contributed by atoms with Crippen molar-refractivity contribution in [2.24, 2.45) is 21.1 Å². The van der Waals surface area contributed by atoms with Crippen LogP contribution in [0.3, 0.4) is 0 Å². The number of aromatic nitrogens is 6. The highest BCUT2D eigenvalue weighted by molar-refractivity contribution is 6.68. The Bertz CT molecular complexity index is 1220. The predicted octanol–water partition coefficient (Wildman–Crippen LogP) is 8.66. The molecule has 0 aliphatic rings. The maximum Gasteiger partial charge on any atom is 0.338 e. The Hall–Kier alpha value is -3.12. The molecule has 0 spiro atoms. The molecule has 0 radical (unpaired) electrons. The third kappa shape index (κ3) is 11.1. The highest BCUT2D eigenvalue weighted by atomic mass is 35.5. The third-order valence-electron chi connectivity index (χ3n) is 4.22. The van der Waals surface area contributed by atoms with Crippen molar-refractivity contribution >= 4 is 52.1 Å². The number of carbonyl (C=O) groups is 3. The number of halogens is 12. The van der Waals surface area contributed by atoms with Crippen molar-refractivity contribution in [2.75, 3.05) is 0 Å². The molecule has 0 amide bonds. The van der Waals surface area contributed by atoms with Crippen LogP contribution in [0, 0.1) is 5.95 Å². The Labute approximate surface area is 255 Å². The largest absolute Gasteiger partial charge is 0.338 e. The first-order chi connectivity index (χ1) is 17.8. The van der Waals surface area contributed by atoms with Crippen LogP contribution in [0.15, 0.2) is 0 Å². The van der Waals surface area contributed by atoms with Crippen LogP contribution in [0.1, 0.15) is 97.1 Å². The lowest BCUT2D eigenvalue weighted by molar-refractivity contribution is 0.0811. The van der Waals surface area contributed by atoms with Gasteiger partial charge in [0.05, 0.1) is 0 Å². The molecule has 9 nitrogen and oxygen atoms in total. The number of carbonyl (C=O) groups excluding carboxylic acids is 3. The van der Waals surface area contributed by atoms with Gasteiger partial charge in [-0.05, 0) is 11.6 Å². The first-order valence-corrected chi connectivity index (χ1v) is 10.6. The van der Waals surface area contributed by atoms with Gasteiger partial charge >= 0.3 is 12.1 Å². The molecule has 3 heterocycles. The fourth-order valence-corrected chi connectivity index (χ4v) is 3.24. The van der Waals surface area contributed by atoms with Gasteiger partial charge in [0.15, 0.2) is 0 Å². The van der Waals surface area contributed by atoms with Crippen molar-refractivity contribution in [1.29, 1.82) is 0 Å². The highest BCUT2D eigenvalue weighted by Gasteiger charge is 2.29. The van der Waals surface area contributed by atoms with Crippen LogP contribution in [0.4, 0.5) is 39.5 Å². The van der Waals surface area contributed by atoms with Crippen LogP contribution in [0.5, 0.6) is 0 Å². The van der Waals surface area contributed by atoms with E-state index in [0.717, 1.165) is 16.4 Å². The second-order valence-corrected chi connectivity index (χ2v) is 7.81. The molecule has 3 aromatic heterocycles. The van der Waals surface area contributed by atoms with E-state index in [-0.39, 0.29) is 34.9 Å². The molecule has 3 aromatic rings. The maximum absolute atomic E-state index is 12.7. The Kier molecular flexibility index (Phi) is 20.9. The molecule has 0 saturated carbocycles. The van der Waals surface area contributed by atoms with E-state index in [1.54, 1.807) is 0 Å². The van der Waals surface area contributed by atoms with E-state index in [0.29, 0.717) is 4.68 Å². The van der Waals surface area contributed by atoms with Gasteiger partial charge in [-0.3, -0.25) is 23.7 Å². The molecule has 248 valence electrons. The van der Waals surface area contributed by atoms with Crippen molar-refractivity contribution in [3.8, 4) is 0 Å². The molecule has 0 N–H and O–H groups in total. The fourth-order valence-electron chi connectivity index (χ4n) is 2.57. The molecule has 0 fully saturated rings. The topological polar surface area (TPSA) is 105 Å². The average Bonchev–Trinajstić information content (AvgIpc) is 3.40. The van der Waals surface area contributed by atoms with Crippen molar-refractivity contribution < 1.29 is 53.9 Å². The van der Waals surface area contributed by atoms with Crippen molar-refractivity contribution in [1.82, 2.24) is 29.3 Å². The van der Waals surface area contributed by atoms with E-state index in [1.165, 1.54) is 14.1 Å². The summed E-state index contributed by atoms with van der Waals surface area (Å²) in [6, 6.07) is -4.26. The van der Waals surface area contributed by atoms with Crippen LogP contribution in [-0.2, 0) is 21.1 Å². The first-order valence-electron chi connectivity index (χ1n) is 9.45. The Morgan fingerprint density at radius 1 is 0.605 bits per heavy atom. The minimum absolute atomic E-state index is 0. The summed E-state index contributed by atoms with van der Waals surface area (Å²) in [7, 11) is 3.58. The van der Waals surface area contributed by atoms with Gasteiger partial charge in [0.25, 0.3) is 24.5 Å². The van der Waals surface area contributed by atoms with E-state index >= 15 is 0 Å². The molecule has 21 heteroatoms. The summed E-state index contributed by atoms with van der Waals surface area (Å²) >= 11 is 15.9. The van der Waals surface area contributed by atoms with Crippen molar-refractivity contribution in [3.05, 3.63) is 50.0 Å². The molecule has 0 atom stereocenters. The smallest absolute Gasteiger partial charge is 0.275 e. The minimum Gasteiger partial charge on any atom is -0.275 e. The molecule has 0 aromatic carbocycles. The van der Waals surface area contributed by atoms with Gasteiger partial charge in [0.1, 0.15) is 44.1 Å². The van der Waals surface area contributed by atoms with E-state index in [9.17, 15) is 53.9 Å². The standard InChI is InChI=1S/C6H4Cl2F2N2O.C6H4ClF3N2O.C6H4F4N2O.4CH4/c1-12-4(7)2(5(8)13)3(11-12)6(9)10;1-12-4(7)2(6(10)13)3(11-12)5(8)9;1-12-5(9)2(6(10)13)3(11-12)4(7)8;;;;/h6H,1H3;5H,1H3;4H,1H3;4*1H4. The number of aryl methyl sites for hydroxylation is 3. The molecule has 43 heavy (non-hydrogen) atoms. The summed E-state index contributed by atoms with van der Waals surface area (Å²) in [6.07, 6.45) is -9.06. The Morgan fingerprint density at radius 3 is 1.12 bits per heavy atom. The fraction of sp³-hybridized carbons (Fsp3) is 0.455. The zero-order valence-electron chi connectivity index (χ0n) is 19.2. The lowest BCUT2D eigenvalue weighted by atomic mass is 10.2. The monoisotopic (exact) mass is 700 g/mol. The van der Waals surface area contributed by atoms with Gasteiger partial charge in [0, 0.05) is 21.1 Å². The molecule has 0 saturated heterocycles. The van der Waals surface area contributed by atoms with Crippen molar-refractivity contribution in [3.63, 3.8) is 0 Å². The second kappa shape index (κ2) is 19.2. The molecule has 0 aliphatic heterocycles. The lowest BCUT2D eigenvalue weighted by Crippen LogP contribution is -1.99. The van der Waals surface area contributed by atoms with Crippen LogP contribution < -0.4 is 0 Å². The number of hydrogen-bond donors (Lipinski definition) is 0. The van der Waals surface area contributed by atoms with Gasteiger partial charge in [0.2, 0.25) is 5.95 Å². The second-order valence-electron chi connectivity index (χ2n) is 6.75. The van der Waals surface area contributed by atoms with Crippen molar-refractivity contribution in [2.45, 2.75) is 49.0 Å². The summed E-state index contributed by atoms with van der Waals surface area (Å²) in [5, 5.41) is 7.88. The van der Waals surface area contributed by atoms with E-state index in [1.807, 2.05) is 0 Å². The highest BCUT2D eigenvalue weighted by Crippen LogP contribution is 2.29. The quantitative estimate of drug-likeness (QED) is 0.188. The SMILES string of the molecule is C.C.C.C.Cn1nc(C(F)F)c(C(=O)Cl)c1Cl.Cn1nc(C(F)F)c(C(=O)F)c1Cl.Cn1nc(C(F)F)c(C(=O)F)c1F. The van der Waals surface area contributed by atoms with E-state index in [4.69, 9.17) is 34.8 Å². The van der Waals surface area contributed by atoms with Gasteiger partial charge < -0.3 is 0 Å². The Morgan fingerprint density at radius 2 is 0.884 bits per heavy atom. The molecule has 0 aliphatic carbocycles. The molecular weight excluding hydrogens is 674 g/mol. The normalized spacial score (nSPS) is 9.91. The predicted molar refractivity (Wildman–Crippen MR) is 142 cm³/mol. The number of rotatable bonds is 6. The maximum atomic E-state index is 12.7. The molecule has 3 rings (SSSR count). The van der Waals surface area contributed by atoms with Gasteiger partial charge in [-0.1, -0.05) is 52.9 Å². The summed E-state index contributed by atoms with van der Waals surface area (Å²) in [4.78, 5) is 31.1.